The SMILES string of the molecule is Cc1ccc(C(Cl)CN2C(C)CCCC2C)cc1[N+](=O)[O-]. The number of alkyl halides is 1. The van der Waals surface area contributed by atoms with E-state index in [1.165, 1.54) is 19.3 Å². The molecule has 0 amide bonds. The van der Waals surface area contributed by atoms with Gasteiger partial charge in [-0.2, -0.15) is 0 Å². The van der Waals surface area contributed by atoms with Gasteiger partial charge < -0.3 is 0 Å². The molecule has 1 fully saturated rings. The monoisotopic (exact) mass is 310 g/mol. The molecule has 1 aliphatic rings. The third-order valence-electron chi connectivity index (χ3n) is 4.54. The van der Waals surface area contributed by atoms with Crippen LogP contribution in [-0.2, 0) is 0 Å². The van der Waals surface area contributed by atoms with Crippen LogP contribution < -0.4 is 0 Å². The lowest BCUT2D eigenvalue weighted by molar-refractivity contribution is -0.385. The smallest absolute Gasteiger partial charge is 0.272 e. The summed E-state index contributed by atoms with van der Waals surface area (Å²) in [6, 6.07) is 6.35. The summed E-state index contributed by atoms with van der Waals surface area (Å²) < 4.78 is 0. The van der Waals surface area contributed by atoms with Crippen molar-refractivity contribution in [1.82, 2.24) is 4.90 Å². The zero-order valence-corrected chi connectivity index (χ0v) is 13.6. The number of halogens is 1. The molecular weight excluding hydrogens is 288 g/mol. The molecule has 2 rings (SSSR count). The van der Waals surface area contributed by atoms with Gasteiger partial charge in [0.15, 0.2) is 0 Å². The second-order valence-electron chi connectivity index (χ2n) is 6.10. The molecule has 0 spiro atoms. The molecule has 0 aromatic heterocycles. The molecule has 1 heterocycles. The van der Waals surface area contributed by atoms with Gasteiger partial charge in [-0.1, -0.05) is 18.6 Å². The molecule has 1 saturated heterocycles. The standard InChI is InChI=1S/C16H23ClN2O2/c1-11-7-8-14(9-16(11)19(20)21)15(17)10-18-12(2)5-4-6-13(18)3/h7-9,12-13,15H,4-6,10H2,1-3H3. The van der Waals surface area contributed by atoms with Crippen molar-refractivity contribution in [3.63, 3.8) is 0 Å². The third-order valence-corrected chi connectivity index (χ3v) is 4.93. The predicted molar refractivity (Wildman–Crippen MR) is 85.9 cm³/mol. The van der Waals surface area contributed by atoms with E-state index in [1.807, 2.05) is 6.07 Å². The van der Waals surface area contributed by atoms with Crippen molar-refractivity contribution in [3.8, 4) is 0 Å². The maximum Gasteiger partial charge on any atom is 0.272 e. The van der Waals surface area contributed by atoms with Gasteiger partial charge in [0.25, 0.3) is 5.69 Å². The Balaban J connectivity index is 2.14. The predicted octanol–water partition coefficient (Wildman–Crippen LogP) is 4.45. The quantitative estimate of drug-likeness (QED) is 0.469. The lowest BCUT2D eigenvalue weighted by Gasteiger charge is -2.40. The summed E-state index contributed by atoms with van der Waals surface area (Å²) in [4.78, 5) is 13.1. The molecule has 116 valence electrons. The Morgan fingerprint density at radius 2 is 2.00 bits per heavy atom. The Bertz CT molecular complexity index is 511. The summed E-state index contributed by atoms with van der Waals surface area (Å²) in [6.07, 6.45) is 3.66. The summed E-state index contributed by atoms with van der Waals surface area (Å²) in [5, 5.41) is 10.8. The number of hydrogen-bond donors (Lipinski definition) is 0. The van der Waals surface area contributed by atoms with Crippen LogP contribution in [0.1, 0.15) is 49.6 Å². The highest BCUT2D eigenvalue weighted by molar-refractivity contribution is 6.21. The molecule has 1 aromatic carbocycles. The normalized spacial score (nSPS) is 24.8. The van der Waals surface area contributed by atoms with Gasteiger partial charge in [0, 0.05) is 30.3 Å². The minimum Gasteiger partial charge on any atom is -0.296 e. The number of hydrogen-bond acceptors (Lipinski definition) is 3. The largest absolute Gasteiger partial charge is 0.296 e. The highest BCUT2D eigenvalue weighted by Gasteiger charge is 2.27. The minimum absolute atomic E-state index is 0.151. The van der Waals surface area contributed by atoms with Gasteiger partial charge in [-0.05, 0) is 39.2 Å². The van der Waals surface area contributed by atoms with Gasteiger partial charge in [0.05, 0.1) is 10.3 Å². The zero-order valence-electron chi connectivity index (χ0n) is 12.9. The number of piperidine rings is 1. The maximum atomic E-state index is 11.0. The van der Waals surface area contributed by atoms with Crippen molar-refractivity contribution in [3.05, 3.63) is 39.4 Å². The van der Waals surface area contributed by atoms with Crippen molar-refractivity contribution < 1.29 is 4.92 Å². The first kappa shape index (κ1) is 16.2. The van der Waals surface area contributed by atoms with Crippen LogP contribution in [0, 0.1) is 17.0 Å². The molecule has 1 aliphatic heterocycles. The molecule has 0 N–H and O–H groups in total. The highest BCUT2D eigenvalue weighted by Crippen LogP contribution is 2.31. The zero-order chi connectivity index (χ0) is 15.6. The number of likely N-dealkylation sites (tertiary alicyclic amines) is 1. The average Bonchev–Trinajstić information content (AvgIpc) is 2.43. The molecule has 0 radical (unpaired) electrons. The molecule has 4 nitrogen and oxygen atoms in total. The van der Waals surface area contributed by atoms with Gasteiger partial charge >= 0.3 is 0 Å². The van der Waals surface area contributed by atoms with Crippen LogP contribution in [0.25, 0.3) is 0 Å². The summed E-state index contributed by atoms with van der Waals surface area (Å²) >= 11 is 6.53. The van der Waals surface area contributed by atoms with Crippen molar-refractivity contribution in [2.24, 2.45) is 0 Å². The van der Waals surface area contributed by atoms with Crippen molar-refractivity contribution in [1.29, 1.82) is 0 Å². The highest BCUT2D eigenvalue weighted by atomic mass is 35.5. The van der Waals surface area contributed by atoms with Gasteiger partial charge in [-0.25, -0.2) is 0 Å². The van der Waals surface area contributed by atoms with E-state index < -0.39 is 0 Å². The number of nitro groups is 1. The van der Waals surface area contributed by atoms with Gasteiger partial charge in [0.2, 0.25) is 0 Å². The van der Waals surface area contributed by atoms with Crippen LogP contribution in [-0.4, -0.2) is 28.5 Å². The summed E-state index contributed by atoms with van der Waals surface area (Å²) in [5.41, 5.74) is 1.66. The van der Waals surface area contributed by atoms with Crippen LogP contribution >= 0.6 is 11.6 Å². The van der Waals surface area contributed by atoms with E-state index >= 15 is 0 Å². The van der Waals surface area contributed by atoms with Crippen LogP contribution in [0.2, 0.25) is 0 Å². The fourth-order valence-electron chi connectivity index (χ4n) is 3.14. The second-order valence-corrected chi connectivity index (χ2v) is 6.62. The number of rotatable bonds is 4. The number of benzene rings is 1. The van der Waals surface area contributed by atoms with E-state index in [1.54, 1.807) is 19.1 Å². The molecule has 5 heteroatoms. The van der Waals surface area contributed by atoms with E-state index in [0.717, 1.165) is 12.1 Å². The number of nitrogens with zero attached hydrogens (tertiary/aromatic N) is 2. The van der Waals surface area contributed by atoms with Crippen molar-refractivity contribution in [2.45, 2.75) is 57.5 Å². The van der Waals surface area contributed by atoms with Crippen LogP contribution in [0.4, 0.5) is 5.69 Å². The number of nitro benzene ring substituents is 1. The molecule has 0 aliphatic carbocycles. The average molecular weight is 311 g/mol. The van der Waals surface area contributed by atoms with E-state index in [2.05, 4.69) is 18.7 Å². The summed E-state index contributed by atoms with van der Waals surface area (Å²) in [5.74, 6) is 0. The molecule has 3 atom stereocenters. The first-order valence-electron chi connectivity index (χ1n) is 7.55. The third kappa shape index (κ3) is 3.74. The van der Waals surface area contributed by atoms with Gasteiger partial charge in [0.1, 0.15) is 0 Å². The van der Waals surface area contributed by atoms with Crippen molar-refractivity contribution in [2.75, 3.05) is 6.54 Å². The van der Waals surface area contributed by atoms with E-state index in [4.69, 9.17) is 11.6 Å². The second kappa shape index (κ2) is 6.75. The van der Waals surface area contributed by atoms with E-state index in [-0.39, 0.29) is 16.0 Å². The molecule has 3 unspecified atom stereocenters. The summed E-state index contributed by atoms with van der Waals surface area (Å²) in [7, 11) is 0. The van der Waals surface area contributed by atoms with Gasteiger partial charge in [-0.15, -0.1) is 11.6 Å². The Morgan fingerprint density at radius 1 is 1.38 bits per heavy atom. The van der Waals surface area contributed by atoms with E-state index in [9.17, 15) is 10.1 Å². The molecule has 1 aromatic rings. The Morgan fingerprint density at radius 3 is 2.57 bits per heavy atom. The molecule has 0 bridgehead atoms. The fourth-order valence-corrected chi connectivity index (χ4v) is 3.44. The Hall–Kier alpha value is -1.13. The summed E-state index contributed by atoms with van der Waals surface area (Å²) in [6.45, 7) is 6.96. The first-order chi connectivity index (χ1) is 9.90. The number of aryl methyl sites for hydroxylation is 1. The molecule has 21 heavy (non-hydrogen) atoms. The first-order valence-corrected chi connectivity index (χ1v) is 7.98. The van der Waals surface area contributed by atoms with Gasteiger partial charge in [-0.3, -0.25) is 15.0 Å². The molecule has 0 saturated carbocycles. The fraction of sp³-hybridized carbons (Fsp3) is 0.625. The van der Waals surface area contributed by atoms with Crippen molar-refractivity contribution >= 4 is 17.3 Å². The topological polar surface area (TPSA) is 46.4 Å². The Labute approximate surface area is 131 Å². The lowest BCUT2D eigenvalue weighted by Crippen LogP contribution is -2.45. The van der Waals surface area contributed by atoms with Crippen LogP contribution in [0.5, 0.6) is 0 Å². The Kier molecular flexibility index (Phi) is 5.22. The van der Waals surface area contributed by atoms with Crippen LogP contribution in [0.15, 0.2) is 18.2 Å². The van der Waals surface area contributed by atoms with E-state index in [0.29, 0.717) is 17.6 Å². The minimum atomic E-state index is -0.339. The maximum absolute atomic E-state index is 11.0. The van der Waals surface area contributed by atoms with Crippen LogP contribution in [0.3, 0.4) is 0 Å². The lowest BCUT2D eigenvalue weighted by atomic mass is 9.96. The molecular formula is C16H23ClN2O2.